The van der Waals surface area contributed by atoms with Crippen molar-refractivity contribution in [2.45, 2.75) is 13.0 Å². The molecule has 2 aromatic carbocycles. The first-order valence-electron chi connectivity index (χ1n) is 9.60. The molecule has 0 radical (unpaired) electrons. The second-order valence-electron chi connectivity index (χ2n) is 6.99. The third-order valence-corrected chi connectivity index (χ3v) is 6.01. The molecule has 0 atom stereocenters. The minimum Gasteiger partial charge on any atom is -0.389 e. The molecule has 1 N–H and O–H groups in total. The number of thiazole rings is 1. The predicted molar refractivity (Wildman–Crippen MR) is 115 cm³/mol. The first-order chi connectivity index (χ1) is 14.7. The van der Waals surface area contributed by atoms with Gasteiger partial charge in [-0.25, -0.2) is 19.3 Å². The zero-order valence-corrected chi connectivity index (χ0v) is 16.8. The van der Waals surface area contributed by atoms with Crippen molar-refractivity contribution in [1.82, 2.24) is 15.0 Å². The number of aliphatic hydroxyl groups excluding tert-OH is 1. The molecular formula is C23H18FN3O2S. The molecule has 0 unspecified atom stereocenters. The lowest BCUT2D eigenvalue weighted by molar-refractivity contribution is 0.161. The van der Waals surface area contributed by atoms with Gasteiger partial charge in [0.15, 0.2) is 0 Å². The average Bonchev–Trinajstić information content (AvgIpc) is 3.29. The van der Waals surface area contributed by atoms with Crippen LogP contribution in [0.3, 0.4) is 0 Å². The fraction of sp³-hybridized carbons (Fsp3) is 0.174. The minimum absolute atomic E-state index is 0.111. The van der Waals surface area contributed by atoms with E-state index in [9.17, 15) is 9.50 Å². The number of aliphatic hydroxyl groups is 1. The molecule has 0 spiro atoms. The van der Waals surface area contributed by atoms with Gasteiger partial charge < -0.3 is 9.84 Å². The molecule has 1 aliphatic rings. The van der Waals surface area contributed by atoms with E-state index in [1.165, 1.54) is 29.3 Å². The highest BCUT2D eigenvalue weighted by atomic mass is 32.1. The lowest BCUT2D eigenvalue weighted by Gasteiger charge is -2.14. The Morgan fingerprint density at radius 1 is 1.10 bits per heavy atom. The molecule has 0 saturated heterocycles. The number of benzene rings is 2. The van der Waals surface area contributed by atoms with Crippen LogP contribution in [0.15, 0.2) is 54.2 Å². The van der Waals surface area contributed by atoms with Crippen LogP contribution < -0.4 is 0 Å². The number of aromatic nitrogens is 3. The second kappa shape index (κ2) is 8.02. The Hall–Kier alpha value is -3.00. The summed E-state index contributed by atoms with van der Waals surface area (Å²) in [6, 6.07) is 10.9. The van der Waals surface area contributed by atoms with Gasteiger partial charge in [-0.05, 0) is 41.8 Å². The number of hydrogen-bond acceptors (Lipinski definition) is 6. The van der Waals surface area contributed by atoms with Crippen molar-refractivity contribution >= 4 is 27.8 Å². The van der Waals surface area contributed by atoms with Gasteiger partial charge in [0, 0.05) is 21.9 Å². The van der Waals surface area contributed by atoms with E-state index in [-0.39, 0.29) is 12.4 Å². The summed E-state index contributed by atoms with van der Waals surface area (Å²) in [6.45, 7) is 1.22. The van der Waals surface area contributed by atoms with Gasteiger partial charge in [0.1, 0.15) is 17.2 Å². The van der Waals surface area contributed by atoms with Gasteiger partial charge in [0.2, 0.25) is 0 Å². The fourth-order valence-corrected chi connectivity index (χ4v) is 4.30. The Bertz CT molecular complexity index is 1270. The van der Waals surface area contributed by atoms with Gasteiger partial charge in [-0.2, -0.15) is 0 Å². The minimum atomic E-state index is -0.354. The topological polar surface area (TPSA) is 68.1 Å². The van der Waals surface area contributed by atoms with E-state index in [0.29, 0.717) is 35.2 Å². The molecule has 4 aromatic rings. The number of hydrogen-bond donors (Lipinski definition) is 1. The van der Waals surface area contributed by atoms with E-state index in [1.807, 2.05) is 23.6 Å². The van der Waals surface area contributed by atoms with Crippen LogP contribution in [0, 0.1) is 5.82 Å². The van der Waals surface area contributed by atoms with Gasteiger partial charge in [-0.1, -0.05) is 18.2 Å². The molecule has 7 heteroatoms. The zero-order chi connectivity index (χ0) is 20.5. The van der Waals surface area contributed by atoms with E-state index in [4.69, 9.17) is 4.74 Å². The summed E-state index contributed by atoms with van der Waals surface area (Å²) in [6.07, 6.45) is 4.42. The largest absolute Gasteiger partial charge is 0.389 e. The fourth-order valence-electron chi connectivity index (χ4n) is 3.64. The Morgan fingerprint density at radius 3 is 2.80 bits per heavy atom. The maximum atomic E-state index is 14.8. The number of fused-ring (bicyclic) bond motifs is 1. The molecule has 5 nitrogen and oxygen atoms in total. The number of nitrogens with zero attached hydrogens (tertiary/aromatic N) is 3. The van der Waals surface area contributed by atoms with Crippen molar-refractivity contribution in [3.8, 4) is 22.5 Å². The monoisotopic (exact) mass is 419 g/mol. The third kappa shape index (κ3) is 3.52. The van der Waals surface area contributed by atoms with E-state index in [1.54, 1.807) is 12.1 Å². The number of rotatable bonds is 4. The van der Waals surface area contributed by atoms with Crippen molar-refractivity contribution < 1.29 is 14.2 Å². The Labute approximate surface area is 176 Å². The Kier molecular flexibility index (Phi) is 5.08. The zero-order valence-electron chi connectivity index (χ0n) is 16.0. The molecule has 0 bridgehead atoms. The maximum Gasteiger partial charge on any atom is 0.132 e. The predicted octanol–water partition coefficient (Wildman–Crippen LogP) is 4.86. The summed E-state index contributed by atoms with van der Waals surface area (Å²) in [5.41, 5.74) is 5.53. The van der Waals surface area contributed by atoms with Crippen LogP contribution in [0.1, 0.15) is 17.0 Å². The van der Waals surface area contributed by atoms with Crippen LogP contribution in [-0.4, -0.2) is 33.3 Å². The van der Waals surface area contributed by atoms with Gasteiger partial charge in [0.05, 0.1) is 36.7 Å². The molecule has 1 aliphatic heterocycles. The molecule has 3 heterocycles. The van der Waals surface area contributed by atoms with Crippen LogP contribution in [0.2, 0.25) is 0 Å². The number of halogens is 1. The van der Waals surface area contributed by atoms with Crippen molar-refractivity contribution in [2.75, 3.05) is 13.2 Å². The second-order valence-corrected chi connectivity index (χ2v) is 7.93. The quantitative estimate of drug-likeness (QED) is 0.512. The molecule has 150 valence electrons. The van der Waals surface area contributed by atoms with Crippen molar-refractivity contribution in [2.24, 2.45) is 0 Å². The molecule has 0 saturated carbocycles. The van der Waals surface area contributed by atoms with Crippen molar-refractivity contribution in [1.29, 1.82) is 0 Å². The Balaban J connectivity index is 1.60. The number of ether oxygens (including phenoxy) is 1. The molecule has 5 rings (SSSR count). The van der Waals surface area contributed by atoms with Crippen molar-refractivity contribution in [3.63, 3.8) is 0 Å². The summed E-state index contributed by atoms with van der Waals surface area (Å²) >= 11 is 1.37. The lowest BCUT2D eigenvalue weighted by Crippen LogP contribution is -2.03. The normalized spacial score (nSPS) is 14.1. The molecule has 0 aliphatic carbocycles. The highest BCUT2D eigenvalue weighted by Gasteiger charge is 2.15. The van der Waals surface area contributed by atoms with Gasteiger partial charge >= 0.3 is 0 Å². The van der Waals surface area contributed by atoms with Crippen LogP contribution in [0.4, 0.5) is 4.39 Å². The van der Waals surface area contributed by atoms with E-state index >= 15 is 0 Å². The summed E-state index contributed by atoms with van der Waals surface area (Å²) in [7, 11) is 0. The van der Waals surface area contributed by atoms with Gasteiger partial charge in [-0.15, -0.1) is 11.3 Å². The smallest absolute Gasteiger partial charge is 0.132 e. The molecular weight excluding hydrogens is 401 g/mol. The van der Waals surface area contributed by atoms with E-state index in [2.05, 4.69) is 21.0 Å². The standard InChI is InChI=1S/C23H18FN3O2S/c24-19-4-2-16(21-12-30-22(11-28)27-21)9-18(19)23-17-3-1-15(10-20(17)25-13-26-23)14-5-7-29-8-6-14/h1-5,9-10,12-13,28H,6-8,11H2. The highest BCUT2D eigenvalue weighted by molar-refractivity contribution is 7.09. The molecule has 0 amide bonds. The lowest BCUT2D eigenvalue weighted by atomic mass is 9.97. The summed E-state index contributed by atoms with van der Waals surface area (Å²) in [5, 5.41) is 12.5. The van der Waals surface area contributed by atoms with Gasteiger partial charge in [0.25, 0.3) is 0 Å². The SMILES string of the molecule is OCc1nc(-c2ccc(F)c(-c3ncnc4cc(C5=CCOCC5)ccc34)c2)cs1. The molecule has 0 fully saturated rings. The first-order valence-corrected chi connectivity index (χ1v) is 10.5. The molecule has 30 heavy (non-hydrogen) atoms. The average molecular weight is 419 g/mol. The third-order valence-electron chi connectivity index (χ3n) is 5.17. The van der Waals surface area contributed by atoms with Crippen LogP contribution in [0.25, 0.3) is 39.0 Å². The van der Waals surface area contributed by atoms with Crippen molar-refractivity contribution in [3.05, 3.63) is 70.6 Å². The maximum absolute atomic E-state index is 14.8. The first kappa shape index (κ1) is 19.0. The summed E-state index contributed by atoms with van der Waals surface area (Å²) in [4.78, 5) is 13.2. The highest BCUT2D eigenvalue weighted by Crippen LogP contribution is 2.33. The molecule has 2 aromatic heterocycles. The Morgan fingerprint density at radius 2 is 2.00 bits per heavy atom. The summed E-state index contributed by atoms with van der Waals surface area (Å²) < 4.78 is 20.2. The van der Waals surface area contributed by atoms with Gasteiger partial charge in [-0.3, -0.25) is 0 Å². The van der Waals surface area contributed by atoms with Crippen LogP contribution in [0.5, 0.6) is 0 Å². The van der Waals surface area contributed by atoms with E-state index in [0.717, 1.165) is 28.5 Å². The van der Waals surface area contributed by atoms with E-state index < -0.39 is 0 Å². The van der Waals surface area contributed by atoms with Crippen LogP contribution >= 0.6 is 11.3 Å². The van der Waals surface area contributed by atoms with Crippen LogP contribution in [-0.2, 0) is 11.3 Å². The summed E-state index contributed by atoms with van der Waals surface area (Å²) in [5.74, 6) is -0.354.